The highest BCUT2D eigenvalue weighted by Gasteiger charge is 2.17. The molecule has 3 aromatic carbocycles. The van der Waals surface area contributed by atoms with Gasteiger partial charge in [-0.2, -0.15) is 0 Å². The summed E-state index contributed by atoms with van der Waals surface area (Å²) in [4.78, 5) is 0. The Hall–Kier alpha value is -1.54. The van der Waals surface area contributed by atoms with E-state index in [0.717, 1.165) is 21.9 Å². The average Bonchev–Trinajstić information content (AvgIpc) is 2.47. The lowest BCUT2D eigenvalue weighted by molar-refractivity contribution is 0.222. The van der Waals surface area contributed by atoms with E-state index in [-0.39, 0.29) is 0 Å². The lowest BCUT2D eigenvalue weighted by atomic mass is 9.95. The van der Waals surface area contributed by atoms with Gasteiger partial charge in [0.2, 0.25) is 0 Å². The van der Waals surface area contributed by atoms with E-state index in [1.54, 1.807) is 0 Å². The van der Waals surface area contributed by atoms with Crippen molar-refractivity contribution in [1.82, 2.24) is 0 Å². The van der Waals surface area contributed by atoms with Crippen molar-refractivity contribution in [1.29, 1.82) is 0 Å². The van der Waals surface area contributed by atoms with Gasteiger partial charge in [-0.25, -0.2) is 0 Å². The first-order chi connectivity index (χ1) is 10.1. The minimum absolute atomic E-state index is 0.571. The first-order valence-corrected chi connectivity index (χ1v) is 7.45. The number of rotatable bonds is 2. The molecule has 0 saturated heterocycles. The van der Waals surface area contributed by atoms with Crippen LogP contribution < -0.4 is 0 Å². The number of hydrogen-bond donors (Lipinski definition) is 1. The Morgan fingerprint density at radius 3 is 2.19 bits per heavy atom. The third kappa shape index (κ3) is 2.65. The Morgan fingerprint density at radius 2 is 1.48 bits per heavy atom. The lowest BCUT2D eigenvalue weighted by Gasteiger charge is -2.16. The molecule has 21 heavy (non-hydrogen) atoms. The Kier molecular flexibility index (Phi) is 3.90. The number of aliphatic hydroxyl groups excluding tert-OH is 1. The van der Waals surface area contributed by atoms with Crippen molar-refractivity contribution in [3.05, 3.63) is 81.3 Å². The molecule has 0 aliphatic heterocycles. The van der Waals surface area contributed by atoms with Crippen molar-refractivity contribution in [3.8, 4) is 0 Å². The predicted octanol–water partition coefficient (Wildman–Crippen LogP) is 5.54. The van der Waals surface area contributed by atoms with E-state index in [4.69, 9.17) is 23.2 Å². The van der Waals surface area contributed by atoms with Crippen LogP contribution in [0.5, 0.6) is 0 Å². The standard InChI is InChI=1S/C18H14Cl2O/c1-11-6-7-15(17(20)10-11)18(21)14-8-9-16(19)13-5-3-2-4-12(13)14/h2-10,18,21H,1H3. The van der Waals surface area contributed by atoms with Gasteiger partial charge in [0.25, 0.3) is 0 Å². The first kappa shape index (κ1) is 14.4. The predicted molar refractivity (Wildman–Crippen MR) is 89.2 cm³/mol. The molecule has 0 radical (unpaired) electrons. The molecular formula is C18H14Cl2O. The monoisotopic (exact) mass is 316 g/mol. The molecule has 0 aliphatic carbocycles. The van der Waals surface area contributed by atoms with E-state index in [9.17, 15) is 5.11 Å². The lowest BCUT2D eigenvalue weighted by Crippen LogP contribution is -2.02. The number of benzene rings is 3. The molecule has 0 fully saturated rings. The summed E-state index contributed by atoms with van der Waals surface area (Å²) in [6, 6.07) is 17.1. The van der Waals surface area contributed by atoms with Crippen molar-refractivity contribution in [3.63, 3.8) is 0 Å². The molecule has 0 spiro atoms. The van der Waals surface area contributed by atoms with Crippen LogP contribution in [0.2, 0.25) is 10.0 Å². The summed E-state index contributed by atoms with van der Waals surface area (Å²) in [5.41, 5.74) is 2.58. The molecule has 0 amide bonds. The van der Waals surface area contributed by atoms with E-state index in [2.05, 4.69) is 0 Å². The van der Waals surface area contributed by atoms with Gasteiger partial charge in [-0.05, 0) is 35.6 Å². The number of aliphatic hydroxyl groups is 1. The minimum atomic E-state index is -0.778. The summed E-state index contributed by atoms with van der Waals surface area (Å²) in [5.74, 6) is 0. The second-order valence-corrected chi connectivity index (χ2v) is 5.92. The van der Waals surface area contributed by atoms with Gasteiger partial charge < -0.3 is 5.11 Å². The molecule has 1 N–H and O–H groups in total. The Labute approximate surface area is 133 Å². The van der Waals surface area contributed by atoms with Crippen LogP contribution in [-0.4, -0.2) is 5.11 Å². The van der Waals surface area contributed by atoms with Crippen molar-refractivity contribution >= 4 is 34.0 Å². The highest BCUT2D eigenvalue weighted by atomic mass is 35.5. The second kappa shape index (κ2) is 5.69. The van der Waals surface area contributed by atoms with Gasteiger partial charge in [0.1, 0.15) is 6.10 Å². The number of hydrogen-bond acceptors (Lipinski definition) is 1. The molecule has 106 valence electrons. The molecule has 1 atom stereocenters. The maximum absolute atomic E-state index is 10.7. The van der Waals surface area contributed by atoms with Crippen molar-refractivity contribution in [2.45, 2.75) is 13.0 Å². The van der Waals surface area contributed by atoms with E-state index >= 15 is 0 Å². The normalized spacial score (nSPS) is 12.6. The molecule has 3 aromatic rings. The van der Waals surface area contributed by atoms with Crippen molar-refractivity contribution < 1.29 is 5.11 Å². The number of aryl methyl sites for hydroxylation is 1. The van der Waals surface area contributed by atoms with Gasteiger partial charge in [-0.15, -0.1) is 0 Å². The minimum Gasteiger partial charge on any atom is -0.384 e. The summed E-state index contributed by atoms with van der Waals surface area (Å²) in [6.07, 6.45) is -0.778. The maximum Gasteiger partial charge on any atom is 0.106 e. The van der Waals surface area contributed by atoms with Crippen molar-refractivity contribution in [2.24, 2.45) is 0 Å². The number of halogens is 2. The third-order valence-corrected chi connectivity index (χ3v) is 4.31. The molecular weight excluding hydrogens is 303 g/mol. The van der Waals surface area contributed by atoms with Crippen LogP contribution in [0, 0.1) is 6.92 Å². The summed E-state index contributed by atoms with van der Waals surface area (Å²) < 4.78 is 0. The molecule has 0 bridgehead atoms. The average molecular weight is 317 g/mol. The van der Waals surface area contributed by atoms with Gasteiger partial charge in [-0.3, -0.25) is 0 Å². The fourth-order valence-corrected chi connectivity index (χ4v) is 3.11. The highest BCUT2D eigenvalue weighted by molar-refractivity contribution is 6.35. The Balaban J connectivity index is 2.18. The fourth-order valence-electron chi connectivity index (χ4n) is 2.55. The smallest absolute Gasteiger partial charge is 0.106 e. The van der Waals surface area contributed by atoms with Crippen LogP contribution in [0.1, 0.15) is 22.8 Å². The topological polar surface area (TPSA) is 20.2 Å². The van der Waals surface area contributed by atoms with E-state index < -0.39 is 6.10 Å². The zero-order chi connectivity index (χ0) is 15.0. The fraction of sp³-hybridized carbons (Fsp3) is 0.111. The molecule has 0 heterocycles. The largest absolute Gasteiger partial charge is 0.384 e. The SMILES string of the molecule is Cc1ccc(C(O)c2ccc(Cl)c3ccccc23)c(Cl)c1. The Morgan fingerprint density at radius 1 is 0.810 bits per heavy atom. The molecule has 3 heteroatoms. The second-order valence-electron chi connectivity index (χ2n) is 5.11. The van der Waals surface area contributed by atoms with Gasteiger partial charge in [0.05, 0.1) is 0 Å². The zero-order valence-electron chi connectivity index (χ0n) is 11.5. The molecule has 0 aromatic heterocycles. The zero-order valence-corrected chi connectivity index (χ0v) is 13.0. The summed E-state index contributed by atoms with van der Waals surface area (Å²) >= 11 is 12.5. The quantitative estimate of drug-likeness (QED) is 0.658. The van der Waals surface area contributed by atoms with Crippen LogP contribution in [0.25, 0.3) is 10.8 Å². The highest BCUT2D eigenvalue weighted by Crippen LogP contribution is 2.35. The van der Waals surface area contributed by atoms with E-state index in [0.29, 0.717) is 15.6 Å². The number of fused-ring (bicyclic) bond motifs is 1. The molecule has 0 aliphatic rings. The molecule has 1 unspecified atom stereocenters. The van der Waals surface area contributed by atoms with Gasteiger partial charge in [0.15, 0.2) is 0 Å². The van der Waals surface area contributed by atoms with Gasteiger partial charge in [0, 0.05) is 21.0 Å². The van der Waals surface area contributed by atoms with Crippen LogP contribution in [0.15, 0.2) is 54.6 Å². The molecule has 1 nitrogen and oxygen atoms in total. The van der Waals surface area contributed by atoms with Gasteiger partial charge in [-0.1, -0.05) is 65.7 Å². The maximum atomic E-state index is 10.7. The van der Waals surface area contributed by atoms with E-state index in [1.807, 2.05) is 61.5 Å². The van der Waals surface area contributed by atoms with E-state index in [1.165, 1.54) is 0 Å². The molecule has 0 saturated carbocycles. The van der Waals surface area contributed by atoms with Crippen molar-refractivity contribution in [2.75, 3.05) is 0 Å². The van der Waals surface area contributed by atoms with Gasteiger partial charge >= 0.3 is 0 Å². The van der Waals surface area contributed by atoms with Crippen LogP contribution >= 0.6 is 23.2 Å². The Bertz CT molecular complexity index is 811. The summed E-state index contributed by atoms with van der Waals surface area (Å²) in [6.45, 7) is 1.97. The van der Waals surface area contributed by atoms with Crippen LogP contribution in [0.3, 0.4) is 0 Å². The van der Waals surface area contributed by atoms with Crippen LogP contribution in [-0.2, 0) is 0 Å². The molecule has 3 rings (SSSR count). The third-order valence-electron chi connectivity index (χ3n) is 3.65. The summed E-state index contributed by atoms with van der Waals surface area (Å²) in [7, 11) is 0. The van der Waals surface area contributed by atoms with Crippen LogP contribution in [0.4, 0.5) is 0 Å². The first-order valence-electron chi connectivity index (χ1n) is 6.69. The summed E-state index contributed by atoms with van der Waals surface area (Å²) in [5, 5.41) is 13.8.